The van der Waals surface area contributed by atoms with Gasteiger partial charge in [-0.3, -0.25) is 0 Å². The molecule has 0 saturated heterocycles. The van der Waals surface area contributed by atoms with Crippen molar-refractivity contribution in [1.29, 1.82) is 0 Å². The van der Waals surface area contributed by atoms with Gasteiger partial charge in [0.25, 0.3) is 0 Å². The average Bonchev–Trinajstić information content (AvgIpc) is 2.17. The van der Waals surface area contributed by atoms with E-state index in [9.17, 15) is 4.91 Å². The van der Waals surface area contributed by atoms with Gasteiger partial charge in [-0.2, -0.15) is 0 Å². The Kier molecular flexibility index (Phi) is 2.95. The highest BCUT2D eigenvalue weighted by Crippen LogP contribution is 2.27. The maximum Gasteiger partial charge on any atom is 0.122 e. The molecule has 0 radical (unpaired) electrons. The molecule has 1 aromatic rings. The van der Waals surface area contributed by atoms with E-state index in [-0.39, 0.29) is 0 Å². The third kappa shape index (κ3) is 2.63. The first-order chi connectivity index (χ1) is 6.77. The number of hydrogen-bond donors (Lipinski definition) is 1. The third-order valence-electron chi connectivity index (χ3n) is 2.54. The maximum absolute atomic E-state index is 10.7. The number of benzene rings is 1. The molecule has 0 fully saturated rings. The molecular formula is C12H18N2O. The molecule has 0 atom stereocenters. The molecule has 3 heteroatoms. The molecule has 2 N–H and O–H groups in total. The summed E-state index contributed by atoms with van der Waals surface area (Å²) < 4.78 is 0. The zero-order valence-electron chi connectivity index (χ0n) is 9.74. The predicted molar refractivity (Wildman–Crippen MR) is 62.5 cm³/mol. The molecule has 0 saturated carbocycles. The van der Waals surface area contributed by atoms with Crippen molar-refractivity contribution in [2.75, 3.05) is 0 Å². The van der Waals surface area contributed by atoms with E-state index in [2.05, 4.69) is 5.18 Å². The van der Waals surface area contributed by atoms with Crippen molar-refractivity contribution in [3.05, 3.63) is 40.3 Å². The second-order valence-electron chi connectivity index (χ2n) is 4.95. The lowest BCUT2D eigenvalue weighted by Gasteiger charge is -2.22. The van der Waals surface area contributed by atoms with E-state index in [0.29, 0.717) is 0 Å². The van der Waals surface area contributed by atoms with Gasteiger partial charge in [-0.25, -0.2) is 0 Å². The standard InChI is InChI=1S/C12H18N2O/c1-11(2,13)9-6-5-7-10(8-9)12(3,4)14-15/h5-8H,13H2,1-4H3. The molecule has 0 amide bonds. The Labute approximate surface area is 90.7 Å². The van der Waals surface area contributed by atoms with Crippen LogP contribution in [0.1, 0.15) is 38.8 Å². The van der Waals surface area contributed by atoms with Crippen molar-refractivity contribution in [2.24, 2.45) is 10.9 Å². The smallest absolute Gasteiger partial charge is 0.122 e. The molecule has 0 unspecified atom stereocenters. The minimum atomic E-state index is -0.693. The van der Waals surface area contributed by atoms with Crippen molar-refractivity contribution in [1.82, 2.24) is 0 Å². The summed E-state index contributed by atoms with van der Waals surface area (Å²) in [7, 11) is 0. The first-order valence-electron chi connectivity index (χ1n) is 5.02. The van der Waals surface area contributed by atoms with Gasteiger partial charge in [0.15, 0.2) is 0 Å². The summed E-state index contributed by atoms with van der Waals surface area (Å²) in [6.07, 6.45) is 0. The molecule has 1 rings (SSSR count). The number of nitrogens with two attached hydrogens (primary N) is 1. The van der Waals surface area contributed by atoms with Gasteiger partial charge in [-0.1, -0.05) is 29.4 Å². The van der Waals surface area contributed by atoms with Crippen molar-refractivity contribution < 1.29 is 0 Å². The summed E-state index contributed by atoms with van der Waals surface area (Å²) >= 11 is 0. The van der Waals surface area contributed by atoms with Gasteiger partial charge in [0.05, 0.1) is 0 Å². The molecule has 15 heavy (non-hydrogen) atoms. The number of hydrogen-bond acceptors (Lipinski definition) is 3. The third-order valence-corrected chi connectivity index (χ3v) is 2.54. The fourth-order valence-electron chi connectivity index (χ4n) is 1.35. The zero-order chi connectivity index (χ0) is 11.7. The van der Waals surface area contributed by atoms with Gasteiger partial charge in [-0.05, 0) is 38.8 Å². The lowest BCUT2D eigenvalue weighted by Crippen LogP contribution is -2.29. The minimum Gasteiger partial charge on any atom is -0.322 e. The van der Waals surface area contributed by atoms with Gasteiger partial charge in [0, 0.05) is 5.54 Å². The molecule has 0 aliphatic rings. The van der Waals surface area contributed by atoms with Crippen molar-refractivity contribution in [3.8, 4) is 0 Å². The van der Waals surface area contributed by atoms with E-state index in [1.165, 1.54) is 0 Å². The van der Waals surface area contributed by atoms with E-state index in [1.807, 2.05) is 38.1 Å². The van der Waals surface area contributed by atoms with Crippen molar-refractivity contribution in [3.63, 3.8) is 0 Å². The van der Waals surface area contributed by atoms with Crippen LogP contribution in [-0.2, 0) is 11.1 Å². The molecule has 3 nitrogen and oxygen atoms in total. The SMILES string of the molecule is CC(C)(N)c1cccc(C(C)(C)N=O)c1. The van der Waals surface area contributed by atoms with E-state index in [0.717, 1.165) is 11.1 Å². The average molecular weight is 206 g/mol. The van der Waals surface area contributed by atoms with Crippen LogP contribution in [0.5, 0.6) is 0 Å². The van der Waals surface area contributed by atoms with E-state index in [1.54, 1.807) is 13.8 Å². The second kappa shape index (κ2) is 3.74. The van der Waals surface area contributed by atoms with Crippen LogP contribution in [0, 0.1) is 4.91 Å². The van der Waals surface area contributed by atoms with Crippen LogP contribution >= 0.6 is 0 Å². The number of nitrogens with zero attached hydrogens (tertiary/aromatic N) is 1. The van der Waals surface area contributed by atoms with Crippen LogP contribution < -0.4 is 5.73 Å². The summed E-state index contributed by atoms with van der Waals surface area (Å²) in [6, 6.07) is 7.72. The fourth-order valence-corrected chi connectivity index (χ4v) is 1.35. The van der Waals surface area contributed by atoms with E-state index in [4.69, 9.17) is 5.73 Å². The largest absolute Gasteiger partial charge is 0.322 e. The lowest BCUT2D eigenvalue weighted by atomic mass is 9.88. The summed E-state index contributed by atoms with van der Waals surface area (Å²) in [5.41, 5.74) is 6.82. The van der Waals surface area contributed by atoms with Gasteiger partial charge in [-0.15, -0.1) is 4.91 Å². The van der Waals surface area contributed by atoms with Crippen LogP contribution in [0.2, 0.25) is 0 Å². The second-order valence-corrected chi connectivity index (χ2v) is 4.95. The van der Waals surface area contributed by atoms with Gasteiger partial charge < -0.3 is 5.73 Å². The highest BCUT2D eigenvalue weighted by molar-refractivity contribution is 5.32. The maximum atomic E-state index is 10.7. The summed E-state index contributed by atoms with van der Waals surface area (Å²) in [5, 5.41) is 3.12. The normalized spacial score (nSPS) is 12.6. The highest BCUT2D eigenvalue weighted by atomic mass is 16.3. The monoisotopic (exact) mass is 206 g/mol. The van der Waals surface area contributed by atoms with Crippen LogP contribution in [0.4, 0.5) is 0 Å². The molecule has 0 aliphatic heterocycles. The Morgan fingerprint density at radius 2 is 1.67 bits per heavy atom. The van der Waals surface area contributed by atoms with Crippen LogP contribution in [0.25, 0.3) is 0 Å². The van der Waals surface area contributed by atoms with Crippen molar-refractivity contribution >= 4 is 0 Å². The van der Waals surface area contributed by atoms with Crippen LogP contribution in [0.15, 0.2) is 29.4 Å². The predicted octanol–water partition coefficient (Wildman–Crippen LogP) is 2.88. The van der Waals surface area contributed by atoms with Gasteiger partial charge in [0.1, 0.15) is 5.54 Å². The quantitative estimate of drug-likeness (QED) is 0.773. The molecule has 0 spiro atoms. The zero-order valence-corrected chi connectivity index (χ0v) is 9.74. The molecule has 0 bridgehead atoms. The molecule has 0 heterocycles. The molecular weight excluding hydrogens is 188 g/mol. The first kappa shape index (κ1) is 11.9. The first-order valence-corrected chi connectivity index (χ1v) is 5.02. The molecule has 0 aromatic heterocycles. The molecule has 0 aliphatic carbocycles. The number of rotatable bonds is 3. The highest BCUT2D eigenvalue weighted by Gasteiger charge is 2.23. The number of nitroso groups, excluding NO2 is 1. The summed E-state index contributed by atoms with van der Waals surface area (Å²) in [6.45, 7) is 7.46. The molecule has 82 valence electrons. The van der Waals surface area contributed by atoms with E-state index < -0.39 is 11.1 Å². The fraction of sp³-hybridized carbons (Fsp3) is 0.500. The summed E-state index contributed by atoms with van der Waals surface area (Å²) in [5.74, 6) is 0. The van der Waals surface area contributed by atoms with Crippen molar-refractivity contribution in [2.45, 2.75) is 38.8 Å². The summed E-state index contributed by atoms with van der Waals surface area (Å²) in [4.78, 5) is 10.7. The Hall–Kier alpha value is -1.22. The Morgan fingerprint density at radius 3 is 2.13 bits per heavy atom. The minimum absolute atomic E-state index is 0.394. The molecule has 1 aromatic carbocycles. The Balaban J connectivity index is 3.20. The van der Waals surface area contributed by atoms with Gasteiger partial charge >= 0.3 is 0 Å². The Morgan fingerprint density at radius 1 is 1.13 bits per heavy atom. The Bertz CT molecular complexity index is 364. The van der Waals surface area contributed by atoms with E-state index >= 15 is 0 Å². The lowest BCUT2D eigenvalue weighted by molar-refractivity contribution is 0.533. The topological polar surface area (TPSA) is 55.4 Å². The van der Waals surface area contributed by atoms with Crippen LogP contribution in [0.3, 0.4) is 0 Å². The van der Waals surface area contributed by atoms with Crippen LogP contribution in [-0.4, -0.2) is 0 Å². The van der Waals surface area contributed by atoms with Gasteiger partial charge in [0.2, 0.25) is 0 Å².